The number of hydrogen-bond acceptors (Lipinski definition) is 9. The van der Waals surface area contributed by atoms with Crippen LogP contribution in [-0.2, 0) is 47.6 Å². The average molecular weight is 713 g/mol. The van der Waals surface area contributed by atoms with Crippen LogP contribution in [0.3, 0.4) is 0 Å². The number of halogens is 3. The predicted molar refractivity (Wildman–Crippen MR) is 180 cm³/mol. The van der Waals surface area contributed by atoms with Crippen molar-refractivity contribution in [2.75, 3.05) is 57.4 Å². The first-order chi connectivity index (χ1) is 23.8. The topological polar surface area (TPSA) is 98.1 Å². The van der Waals surface area contributed by atoms with Crippen molar-refractivity contribution in [2.45, 2.75) is 82.0 Å². The molecule has 0 radical (unpaired) electrons. The maximum atomic E-state index is 14.6. The number of anilines is 1. The summed E-state index contributed by atoms with van der Waals surface area (Å²) in [5.41, 5.74) is 4.28. The fraction of sp³-hybridized carbons (Fsp3) is 0.600. The smallest absolute Gasteiger partial charge is 0.318 e. The summed E-state index contributed by atoms with van der Waals surface area (Å²) >= 11 is 13.6. The normalized spacial score (nSPS) is 27.9. The second kappa shape index (κ2) is 12.3. The van der Waals surface area contributed by atoms with E-state index in [2.05, 4.69) is 15.9 Å². The van der Waals surface area contributed by atoms with Crippen molar-refractivity contribution in [1.82, 2.24) is 29.5 Å². The molecule has 0 saturated carbocycles. The maximum absolute atomic E-state index is 14.6. The van der Waals surface area contributed by atoms with Gasteiger partial charge in [-0.05, 0) is 55.8 Å². The summed E-state index contributed by atoms with van der Waals surface area (Å²) in [6.07, 6.45) is 4.56. The van der Waals surface area contributed by atoms with Gasteiger partial charge < -0.3 is 24.0 Å². The van der Waals surface area contributed by atoms with E-state index in [9.17, 15) is 9.18 Å². The first-order valence-corrected chi connectivity index (χ1v) is 18.3. The van der Waals surface area contributed by atoms with Gasteiger partial charge in [-0.3, -0.25) is 14.4 Å². The molecule has 11 nitrogen and oxygen atoms in total. The van der Waals surface area contributed by atoms with E-state index in [-0.39, 0.29) is 17.1 Å². The zero-order valence-electron chi connectivity index (χ0n) is 27.4. The molecule has 14 heteroatoms. The fourth-order valence-corrected chi connectivity index (χ4v) is 9.59. The summed E-state index contributed by atoms with van der Waals surface area (Å²) in [4.78, 5) is 29.7. The fourth-order valence-electron chi connectivity index (χ4n) is 9.05. The van der Waals surface area contributed by atoms with E-state index in [4.69, 9.17) is 52.5 Å². The Balaban J connectivity index is 1.06. The number of aryl methyl sites for hydroxylation is 1. The molecule has 1 amide bonds. The molecule has 1 aromatic carbocycles. The number of carbonyl (C=O) groups excluding carboxylic acids is 1. The minimum absolute atomic E-state index is 0.172. The van der Waals surface area contributed by atoms with Crippen LogP contribution in [0.1, 0.15) is 70.7 Å². The molecule has 49 heavy (non-hydrogen) atoms. The zero-order valence-corrected chi connectivity index (χ0v) is 28.9. The minimum atomic E-state index is -0.845. The molecule has 0 unspecified atom stereocenters. The third kappa shape index (κ3) is 5.40. The number of hydrogen-bond donors (Lipinski definition) is 0. The summed E-state index contributed by atoms with van der Waals surface area (Å²) < 4.78 is 35.2. The molecule has 6 aliphatic rings. The summed E-state index contributed by atoms with van der Waals surface area (Å²) in [7, 11) is 0. The number of amides is 1. The van der Waals surface area contributed by atoms with Crippen molar-refractivity contribution in [3.05, 3.63) is 62.0 Å². The lowest BCUT2D eigenvalue weighted by Crippen LogP contribution is -2.43. The molecule has 3 atom stereocenters. The Morgan fingerprint density at radius 2 is 1.94 bits per heavy atom. The lowest BCUT2D eigenvalue weighted by Gasteiger charge is -2.37. The van der Waals surface area contributed by atoms with Gasteiger partial charge in [-0.2, -0.15) is 15.1 Å². The lowest BCUT2D eigenvalue weighted by molar-refractivity contribution is -0.0730. The molecule has 9 rings (SSSR count). The molecule has 0 bridgehead atoms. The van der Waals surface area contributed by atoms with Crippen LogP contribution in [0.4, 0.5) is 10.2 Å². The van der Waals surface area contributed by atoms with Gasteiger partial charge in [0.25, 0.3) is 5.91 Å². The van der Waals surface area contributed by atoms with Crippen molar-refractivity contribution in [1.29, 1.82) is 0 Å². The van der Waals surface area contributed by atoms with E-state index in [1.54, 1.807) is 4.90 Å². The van der Waals surface area contributed by atoms with Gasteiger partial charge >= 0.3 is 6.01 Å². The summed E-state index contributed by atoms with van der Waals surface area (Å²) in [6.45, 7) is 5.80. The Kier molecular flexibility index (Phi) is 8.03. The second-order valence-electron chi connectivity index (χ2n) is 14.4. The number of alkyl halides is 1. The van der Waals surface area contributed by atoms with E-state index in [0.29, 0.717) is 89.6 Å². The van der Waals surface area contributed by atoms with Gasteiger partial charge in [-0.1, -0.05) is 35.3 Å². The molecule has 3 aromatic rings. The number of benzene rings is 1. The third-order valence-corrected chi connectivity index (χ3v) is 12.3. The van der Waals surface area contributed by atoms with Crippen LogP contribution in [0.5, 0.6) is 6.01 Å². The molecule has 260 valence electrons. The van der Waals surface area contributed by atoms with Crippen LogP contribution in [-0.4, -0.2) is 99.7 Å². The number of morpholine rings is 1. The van der Waals surface area contributed by atoms with Crippen molar-refractivity contribution in [3.63, 3.8) is 0 Å². The summed E-state index contributed by atoms with van der Waals surface area (Å²) in [5, 5.41) is 5.84. The zero-order chi connectivity index (χ0) is 33.3. The molecule has 0 N–H and O–H groups in total. The SMILES string of the molecule is O=C(c1nn2c(c1Cl)CN(c1nc(OC[C@@]34CCCN3C[C@H](F)C4)nc3c1CO[C@@]1(CCc4c(Cl)cccc41)C3)CCC2)N1CCOCC1. The molecule has 5 aliphatic heterocycles. The molecule has 2 aromatic heterocycles. The monoisotopic (exact) mass is 711 g/mol. The number of rotatable bonds is 5. The minimum Gasteiger partial charge on any atom is -0.461 e. The first kappa shape index (κ1) is 31.9. The standard InChI is InChI=1S/C35H40Cl2FN7O4/c36-26-5-1-4-25-23(26)6-8-35(25)17-27-24(20-49-35)31(40-33(39-27)48-21-34-7-2-10-44(34)18-22(38)16-34)43-9-3-11-45-28(19-43)29(37)30(41-45)32(46)42-12-14-47-15-13-42/h1,4-5,22H,2-3,6-21H2/t22-,34+,35+/m1/s1. The number of nitrogens with zero attached hydrogens (tertiary/aromatic N) is 7. The molecule has 3 saturated heterocycles. The predicted octanol–water partition coefficient (Wildman–Crippen LogP) is 4.73. The molecular weight excluding hydrogens is 672 g/mol. The van der Waals surface area contributed by atoms with Crippen LogP contribution in [0, 0.1) is 0 Å². The largest absolute Gasteiger partial charge is 0.461 e. The van der Waals surface area contributed by atoms with E-state index >= 15 is 0 Å². The number of fused-ring (bicyclic) bond motifs is 5. The molecule has 1 spiro atoms. The average Bonchev–Trinajstić information content (AvgIpc) is 3.79. The van der Waals surface area contributed by atoms with Crippen molar-refractivity contribution >= 4 is 34.9 Å². The Morgan fingerprint density at radius 1 is 1.06 bits per heavy atom. The first-order valence-electron chi connectivity index (χ1n) is 17.5. The molecule has 3 fully saturated rings. The Hall–Kier alpha value is -3.03. The van der Waals surface area contributed by atoms with Gasteiger partial charge in [0, 0.05) is 56.2 Å². The Morgan fingerprint density at radius 3 is 2.82 bits per heavy atom. The van der Waals surface area contributed by atoms with Crippen LogP contribution < -0.4 is 9.64 Å². The van der Waals surface area contributed by atoms with Crippen LogP contribution in [0.15, 0.2) is 18.2 Å². The highest BCUT2D eigenvalue weighted by Gasteiger charge is 2.50. The highest BCUT2D eigenvalue weighted by Crippen LogP contribution is 2.49. The van der Waals surface area contributed by atoms with Gasteiger partial charge in [0.2, 0.25) is 0 Å². The second-order valence-corrected chi connectivity index (χ2v) is 15.1. The Labute approximate surface area is 294 Å². The quantitative estimate of drug-likeness (QED) is 0.372. The van der Waals surface area contributed by atoms with Crippen LogP contribution in [0.2, 0.25) is 10.0 Å². The van der Waals surface area contributed by atoms with E-state index in [0.717, 1.165) is 77.6 Å². The van der Waals surface area contributed by atoms with E-state index in [1.165, 1.54) is 0 Å². The van der Waals surface area contributed by atoms with Crippen molar-refractivity contribution in [2.24, 2.45) is 0 Å². The molecule has 1 aliphatic carbocycles. The highest BCUT2D eigenvalue weighted by molar-refractivity contribution is 6.34. The van der Waals surface area contributed by atoms with Gasteiger partial charge in [0.1, 0.15) is 18.6 Å². The number of aromatic nitrogens is 4. The lowest BCUT2D eigenvalue weighted by atomic mass is 9.87. The van der Waals surface area contributed by atoms with Crippen molar-refractivity contribution in [3.8, 4) is 6.01 Å². The van der Waals surface area contributed by atoms with Gasteiger partial charge in [0.05, 0.1) is 53.9 Å². The van der Waals surface area contributed by atoms with Crippen LogP contribution >= 0.6 is 23.2 Å². The third-order valence-electron chi connectivity index (χ3n) is 11.5. The molecule has 7 heterocycles. The van der Waals surface area contributed by atoms with Crippen LogP contribution in [0.25, 0.3) is 0 Å². The summed E-state index contributed by atoms with van der Waals surface area (Å²) in [6, 6.07) is 6.34. The highest BCUT2D eigenvalue weighted by atomic mass is 35.5. The van der Waals surface area contributed by atoms with Gasteiger partial charge in [-0.25, -0.2) is 4.39 Å². The Bertz CT molecular complexity index is 1800. The summed E-state index contributed by atoms with van der Waals surface area (Å²) in [5.74, 6) is 0.565. The van der Waals surface area contributed by atoms with Gasteiger partial charge in [0.15, 0.2) is 5.69 Å². The number of carbonyl (C=O) groups is 1. The van der Waals surface area contributed by atoms with Gasteiger partial charge in [-0.15, -0.1) is 0 Å². The molecular formula is C35H40Cl2FN7O4. The van der Waals surface area contributed by atoms with E-state index in [1.807, 2.05) is 16.8 Å². The van der Waals surface area contributed by atoms with E-state index < -0.39 is 11.8 Å². The number of ether oxygens (including phenoxy) is 3. The van der Waals surface area contributed by atoms with Crippen molar-refractivity contribution < 1.29 is 23.4 Å². The maximum Gasteiger partial charge on any atom is 0.318 e.